The fraction of sp³-hybridized carbons (Fsp3) is 0.438. The summed E-state index contributed by atoms with van der Waals surface area (Å²) in [4.78, 5) is 14.0. The maximum atomic E-state index is 12.4. The lowest BCUT2D eigenvalue weighted by Crippen LogP contribution is -2.33. The van der Waals surface area contributed by atoms with Gasteiger partial charge in [-0.3, -0.25) is 9.52 Å². The van der Waals surface area contributed by atoms with Crippen molar-refractivity contribution >= 4 is 27.3 Å². The Balaban J connectivity index is 2.48. The van der Waals surface area contributed by atoms with Gasteiger partial charge in [-0.2, -0.15) is 0 Å². The zero-order chi connectivity index (χ0) is 16.9. The standard InChI is InChI=1S/C16H22N2O3S/c1-10(2)9-22(20,21)17-12-7-11(3)14-13(8-12)16(4,5)15(19)18(14)6/h7-8,17H,1,9H2,2-6H3. The van der Waals surface area contributed by atoms with E-state index in [1.807, 2.05) is 20.8 Å². The van der Waals surface area contributed by atoms with E-state index in [4.69, 9.17) is 0 Å². The first-order chi connectivity index (χ1) is 9.95. The number of nitrogens with zero attached hydrogens (tertiary/aromatic N) is 1. The van der Waals surface area contributed by atoms with E-state index in [1.54, 1.807) is 31.0 Å². The highest BCUT2D eigenvalue weighted by molar-refractivity contribution is 7.92. The van der Waals surface area contributed by atoms with Crippen LogP contribution in [0, 0.1) is 6.92 Å². The average molecular weight is 322 g/mol. The first-order valence-corrected chi connectivity index (χ1v) is 8.69. The van der Waals surface area contributed by atoms with Crippen molar-refractivity contribution in [2.75, 3.05) is 22.4 Å². The summed E-state index contributed by atoms with van der Waals surface area (Å²) in [6, 6.07) is 3.50. The Bertz CT molecular complexity index is 764. The SMILES string of the molecule is C=C(C)CS(=O)(=O)Nc1cc(C)c2c(c1)C(C)(C)C(=O)N2C. The molecule has 1 aromatic carbocycles. The molecule has 1 aliphatic rings. The largest absolute Gasteiger partial charge is 0.314 e. The highest BCUT2D eigenvalue weighted by Gasteiger charge is 2.43. The second kappa shape index (κ2) is 5.12. The average Bonchev–Trinajstić information content (AvgIpc) is 2.49. The zero-order valence-electron chi connectivity index (χ0n) is 13.6. The third kappa shape index (κ3) is 2.75. The monoisotopic (exact) mass is 322 g/mol. The predicted molar refractivity (Wildman–Crippen MR) is 89.8 cm³/mol. The van der Waals surface area contributed by atoms with Crippen molar-refractivity contribution in [3.05, 3.63) is 35.4 Å². The van der Waals surface area contributed by atoms with Gasteiger partial charge in [0.25, 0.3) is 0 Å². The first-order valence-electron chi connectivity index (χ1n) is 7.04. The van der Waals surface area contributed by atoms with Crippen LogP contribution in [0.25, 0.3) is 0 Å². The summed E-state index contributed by atoms with van der Waals surface area (Å²) >= 11 is 0. The van der Waals surface area contributed by atoms with Crippen LogP contribution in [0.3, 0.4) is 0 Å². The van der Waals surface area contributed by atoms with Gasteiger partial charge in [0.2, 0.25) is 15.9 Å². The van der Waals surface area contributed by atoms with Gasteiger partial charge in [0.15, 0.2) is 0 Å². The smallest absolute Gasteiger partial charge is 0.236 e. The molecule has 1 heterocycles. The number of nitrogens with one attached hydrogen (secondary N) is 1. The van der Waals surface area contributed by atoms with Gasteiger partial charge >= 0.3 is 0 Å². The highest BCUT2D eigenvalue weighted by Crippen LogP contribution is 2.44. The molecule has 0 fully saturated rings. The number of sulfonamides is 1. The lowest BCUT2D eigenvalue weighted by Gasteiger charge is -2.17. The fourth-order valence-corrected chi connectivity index (χ4v) is 4.13. The third-order valence-corrected chi connectivity index (χ3v) is 5.28. The highest BCUT2D eigenvalue weighted by atomic mass is 32.2. The number of benzene rings is 1. The minimum absolute atomic E-state index is 0.00698. The number of anilines is 2. The van der Waals surface area contributed by atoms with Gasteiger partial charge in [0.05, 0.1) is 16.9 Å². The molecule has 1 N–H and O–H groups in total. The van der Waals surface area contributed by atoms with Crippen molar-refractivity contribution < 1.29 is 13.2 Å². The number of hydrogen-bond acceptors (Lipinski definition) is 3. The Morgan fingerprint density at radius 2 is 1.95 bits per heavy atom. The topological polar surface area (TPSA) is 66.5 Å². The number of amides is 1. The molecule has 0 atom stereocenters. The van der Waals surface area contributed by atoms with Gasteiger partial charge in [-0.05, 0) is 51.0 Å². The van der Waals surface area contributed by atoms with Crippen LogP contribution < -0.4 is 9.62 Å². The van der Waals surface area contributed by atoms with Crippen molar-refractivity contribution in [2.45, 2.75) is 33.1 Å². The molecule has 1 aliphatic heterocycles. The van der Waals surface area contributed by atoms with E-state index in [0.29, 0.717) is 11.3 Å². The summed E-state index contributed by atoms with van der Waals surface area (Å²) < 4.78 is 26.7. The molecule has 0 radical (unpaired) electrons. The van der Waals surface area contributed by atoms with Crippen LogP contribution in [0.4, 0.5) is 11.4 Å². The van der Waals surface area contributed by atoms with Gasteiger partial charge in [0.1, 0.15) is 0 Å². The summed E-state index contributed by atoms with van der Waals surface area (Å²) in [5.74, 6) is -0.113. The van der Waals surface area contributed by atoms with E-state index in [2.05, 4.69) is 11.3 Å². The van der Waals surface area contributed by atoms with Crippen LogP contribution in [-0.4, -0.2) is 27.1 Å². The molecule has 5 nitrogen and oxygen atoms in total. The molecule has 1 aromatic rings. The molecule has 0 unspecified atom stereocenters. The molecule has 0 bridgehead atoms. The lowest BCUT2D eigenvalue weighted by atomic mass is 9.85. The molecular formula is C16H22N2O3S. The van der Waals surface area contributed by atoms with Crippen molar-refractivity contribution in [3.63, 3.8) is 0 Å². The van der Waals surface area contributed by atoms with E-state index in [1.165, 1.54) is 0 Å². The zero-order valence-corrected chi connectivity index (χ0v) is 14.5. The van der Waals surface area contributed by atoms with Crippen LogP contribution in [0.1, 0.15) is 31.9 Å². The Morgan fingerprint density at radius 3 is 2.50 bits per heavy atom. The number of hydrogen-bond donors (Lipinski definition) is 1. The summed E-state index contributed by atoms with van der Waals surface area (Å²) in [6.07, 6.45) is 0. The minimum atomic E-state index is -3.48. The second-order valence-corrected chi connectivity index (χ2v) is 8.22. The molecule has 22 heavy (non-hydrogen) atoms. The summed E-state index contributed by atoms with van der Waals surface area (Å²) in [5, 5.41) is 0. The van der Waals surface area contributed by atoms with Gasteiger partial charge in [0, 0.05) is 12.7 Å². The van der Waals surface area contributed by atoms with Crippen LogP contribution in [0.15, 0.2) is 24.3 Å². The second-order valence-electron chi connectivity index (χ2n) is 6.50. The molecule has 6 heteroatoms. The maximum Gasteiger partial charge on any atom is 0.236 e. The summed E-state index contributed by atoms with van der Waals surface area (Å²) in [6.45, 7) is 10.9. The molecule has 0 saturated heterocycles. The normalized spacial score (nSPS) is 16.6. The number of fused-ring (bicyclic) bond motifs is 1. The Morgan fingerprint density at radius 1 is 1.36 bits per heavy atom. The van der Waals surface area contributed by atoms with E-state index in [9.17, 15) is 13.2 Å². The molecule has 2 rings (SSSR count). The first kappa shape index (κ1) is 16.5. The quantitative estimate of drug-likeness (QED) is 0.866. The van der Waals surface area contributed by atoms with Crippen LogP contribution >= 0.6 is 0 Å². The van der Waals surface area contributed by atoms with E-state index in [0.717, 1.165) is 16.8 Å². The van der Waals surface area contributed by atoms with Gasteiger partial charge in [-0.25, -0.2) is 8.42 Å². The van der Waals surface area contributed by atoms with Gasteiger partial charge in [-0.1, -0.05) is 12.2 Å². The van der Waals surface area contributed by atoms with Gasteiger partial charge < -0.3 is 4.90 Å². The van der Waals surface area contributed by atoms with Crippen LogP contribution in [-0.2, 0) is 20.2 Å². The number of aryl methyl sites for hydroxylation is 1. The molecule has 0 aromatic heterocycles. The van der Waals surface area contributed by atoms with Crippen molar-refractivity contribution in [1.29, 1.82) is 0 Å². The predicted octanol–water partition coefficient (Wildman–Crippen LogP) is 2.57. The van der Waals surface area contributed by atoms with Crippen molar-refractivity contribution in [2.24, 2.45) is 0 Å². The molecule has 0 aliphatic carbocycles. The summed E-state index contributed by atoms with van der Waals surface area (Å²) in [5.41, 5.74) is 2.96. The number of rotatable bonds is 4. The lowest BCUT2D eigenvalue weighted by molar-refractivity contribution is -0.121. The Kier molecular flexibility index (Phi) is 3.85. The number of carbonyl (C=O) groups excluding carboxylic acids is 1. The maximum absolute atomic E-state index is 12.4. The molecule has 0 saturated carbocycles. The van der Waals surface area contributed by atoms with Gasteiger partial charge in [-0.15, -0.1) is 0 Å². The fourth-order valence-electron chi connectivity index (χ4n) is 2.94. The van der Waals surface area contributed by atoms with E-state index < -0.39 is 15.4 Å². The summed E-state index contributed by atoms with van der Waals surface area (Å²) in [7, 11) is -1.74. The van der Waals surface area contributed by atoms with E-state index >= 15 is 0 Å². The molecule has 0 spiro atoms. The molecule has 120 valence electrons. The third-order valence-electron chi connectivity index (χ3n) is 3.86. The Labute approximate surface area is 132 Å². The van der Waals surface area contributed by atoms with Crippen LogP contribution in [0.5, 0.6) is 0 Å². The number of carbonyl (C=O) groups is 1. The van der Waals surface area contributed by atoms with E-state index in [-0.39, 0.29) is 11.7 Å². The van der Waals surface area contributed by atoms with Crippen LogP contribution in [0.2, 0.25) is 0 Å². The molecular weight excluding hydrogens is 300 g/mol. The Hall–Kier alpha value is -1.82. The van der Waals surface area contributed by atoms with Crippen molar-refractivity contribution in [1.82, 2.24) is 0 Å². The molecule has 1 amide bonds. The van der Waals surface area contributed by atoms with Crippen molar-refractivity contribution in [3.8, 4) is 0 Å². The minimum Gasteiger partial charge on any atom is -0.314 e. The number of likely N-dealkylation sites (N-methyl/N-ethyl adjacent to an activating group) is 1.